The van der Waals surface area contributed by atoms with E-state index in [1.807, 2.05) is 19.3 Å². The molecule has 0 saturated heterocycles. The first-order valence-corrected chi connectivity index (χ1v) is 7.38. The highest BCUT2D eigenvalue weighted by Gasteiger charge is 2.23. The van der Waals surface area contributed by atoms with E-state index in [4.69, 9.17) is 0 Å². The van der Waals surface area contributed by atoms with Crippen molar-refractivity contribution in [2.75, 3.05) is 12.4 Å². The van der Waals surface area contributed by atoms with Crippen molar-refractivity contribution in [3.05, 3.63) is 53.2 Å². The van der Waals surface area contributed by atoms with E-state index < -0.39 is 0 Å². The molecule has 2 aromatic heterocycles. The van der Waals surface area contributed by atoms with Gasteiger partial charge in [-0.05, 0) is 22.8 Å². The maximum Gasteiger partial charge on any atom is 0.183 e. The molecule has 0 bridgehead atoms. The number of thiazole rings is 1. The largest absolute Gasteiger partial charge is 0.365 e. The van der Waals surface area contributed by atoms with Crippen LogP contribution in [0.1, 0.15) is 10.4 Å². The van der Waals surface area contributed by atoms with Crippen LogP contribution in [-0.2, 0) is 6.42 Å². The van der Waals surface area contributed by atoms with E-state index in [1.54, 1.807) is 17.5 Å². The first kappa shape index (κ1) is 11.6. The van der Waals surface area contributed by atoms with Crippen LogP contribution in [-0.4, -0.2) is 17.0 Å². The monoisotopic (exact) mass is 279 g/mol. The third-order valence-corrected chi connectivity index (χ3v) is 4.69. The Morgan fingerprint density at radius 3 is 2.95 bits per heavy atom. The fourth-order valence-corrected chi connectivity index (χ4v) is 3.60. The minimum absolute atomic E-state index is 0.984. The van der Waals surface area contributed by atoms with Crippen LogP contribution in [0.5, 0.6) is 0 Å². The minimum Gasteiger partial charge on any atom is -0.365 e. The van der Waals surface area contributed by atoms with E-state index in [9.17, 15) is 0 Å². The molecule has 20 heavy (non-hydrogen) atoms. The Bertz CT molecular complexity index is 778. The van der Waals surface area contributed by atoms with Crippen LogP contribution < -0.4 is 5.32 Å². The maximum atomic E-state index is 4.65. The lowest BCUT2D eigenvalue weighted by Gasteiger charge is -2.05. The average Bonchev–Trinajstić information content (AvgIpc) is 3.04. The summed E-state index contributed by atoms with van der Waals surface area (Å²) in [5, 5.41) is 4.12. The number of hydrogen-bond donors (Lipinski definition) is 1. The molecule has 0 unspecified atom stereocenters. The highest BCUT2D eigenvalue weighted by molar-refractivity contribution is 7.16. The quantitative estimate of drug-likeness (QED) is 0.606. The maximum absolute atomic E-state index is 4.65. The molecule has 1 aromatic carbocycles. The fourth-order valence-electron chi connectivity index (χ4n) is 2.65. The molecule has 3 aromatic rings. The van der Waals surface area contributed by atoms with Gasteiger partial charge >= 0.3 is 0 Å². The second-order valence-corrected chi connectivity index (χ2v) is 5.91. The molecule has 0 amide bonds. The zero-order valence-corrected chi connectivity index (χ0v) is 11.9. The second kappa shape index (κ2) is 4.42. The number of rotatable bonds is 2. The number of hydrogen-bond acceptors (Lipinski definition) is 4. The number of anilines is 1. The molecule has 0 saturated carbocycles. The lowest BCUT2D eigenvalue weighted by atomic mass is 10.0. The fraction of sp³-hybridized carbons (Fsp3) is 0.125. The summed E-state index contributed by atoms with van der Waals surface area (Å²) in [5.74, 6) is 0. The summed E-state index contributed by atoms with van der Waals surface area (Å²) in [6.07, 6.45) is 4.69. The first-order valence-electron chi connectivity index (χ1n) is 6.56. The molecule has 4 rings (SSSR count). The summed E-state index contributed by atoms with van der Waals surface area (Å²) in [5.41, 5.74) is 6.16. The van der Waals surface area contributed by atoms with Gasteiger partial charge in [0.1, 0.15) is 0 Å². The Hall–Kier alpha value is -2.20. The molecular weight excluding hydrogens is 266 g/mol. The van der Waals surface area contributed by atoms with Gasteiger partial charge in [0.25, 0.3) is 0 Å². The highest BCUT2D eigenvalue weighted by Crippen LogP contribution is 2.42. The molecule has 1 aliphatic rings. The third kappa shape index (κ3) is 1.72. The van der Waals surface area contributed by atoms with Crippen LogP contribution >= 0.6 is 11.3 Å². The van der Waals surface area contributed by atoms with Gasteiger partial charge in [-0.1, -0.05) is 24.3 Å². The Morgan fingerprint density at radius 1 is 1.20 bits per heavy atom. The third-order valence-electron chi connectivity index (χ3n) is 3.62. The van der Waals surface area contributed by atoms with Gasteiger partial charge in [-0.25, -0.2) is 4.98 Å². The zero-order valence-electron chi connectivity index (χ0n) is 11.1. The predicted molar refractivity (Wildman–Crippen MR) is 83.1 cm³/mol. The highest BCUT2D eigenvalue weighted by atomic mass is 32.1. The Labute approximate surface area is 121 Å². The van der Waals surface area contributed by atoms with E-state index in [2.05, 4.69) is 39.6 Å². The smallest absolute Gasteiger partial charge is 0.183 e. The van der Waals surface area contributed by atoms with Crippen LogP contribution in [0.4, 0.5) is 5.13 Å². The normalized spacial score (nSPS) is 12.1. The van der Waals surface area contributed by atoms with Gasteiger partial charge in [-0.15, -0.1) is 11.3 Å². The molecule has 98 valence electrons. The summed E-state index contributed by atoms with van der Waals surface area (Å²) in [4.78, 5) is 10.2. The van der Waals surface area contributed by atoms with Gasteiger partial charge in [0.05, 0.1) is 5.69 Å². The van der Waals surface area contributed by atoms with Gasteiger partial charge in [0, 0.05) is 36.3 Å². The van der Waals surface area contributed by atoms with Gasteiger partial charge in [-0.3, -0.25) is 4.98 Å². The number of aromatic nitrogens is 2. The van der Waals surface area contributed by atoms with Gasteiger partial charge in [0.2, 0.25) is 0 Å². The average molecular weight is 279 g/mol. The van der Waals surface area contributed by atoms with E-state index in [-0.39, 0.29) is 0 Å². The second-order valence-electron chi connectivity index (χ2n) is 4.83. The van der Waals surface area contributed by atoms with Crippen molar-refractivity contribution in [2.24, 2.45) is 0 Å². The van der Waals surface area contributed by atoms with Crippen molar-refractivity contribution in [3.8, 4) is 22.4 Å². The molecule has 1 N–H and O–H groups in total. The summed E-state index contributed by atoms with van der Waals surface area (Å²) < 4.78 is 0. The van der Waals surface area contributed by atoms with Crippen LogP contribution in [0, 0.1) is 0 Å². The number of nitrogens with zero attached hydrogens (tertiary/aromatic N) is 2. The van der Waals surface area contributed by atoms with Crippen LogP contribution in [0.25, 0.3) is 22.4 Å². The lowest BCUT2D eigenvalue weighted by molar-refractivity contribution is 1.30. The van der Waals surface area contributed by atoms with Crippen molar-refractivity contribution < 1.29 is 0 Å². The number of pyridine rings is 1. The minimum atomic E-state index is 0.984. The summed E-state index contributed by atoms with van der Waals surface area (Å²) in [6.45, 7) is 0. The summed E-state index contributed by atoms with van der Waals surface area (Å²) >= 11 is 1.75. The molecule has 1 aliphatic carbocycles. The number of fused-ring (bicyclic) bond motifs is 3. The molecule has 0 atom stereocenters. The number of nitrogens with one attached hydrogen (secondary N) is 1. The lowest BCUT2D eigenvalue weighted by Crippen LogP contribution is -1.88. The van der Waals surface area contributed by atoms with Gasteiger partial charge in [0.15, 0.2) is 5.13 Å². The summed E-state index contributed by atoms with van der Waals surface area (Å²) in [7, 11) is 1.92. The Kier molecular flexibility index (Phi) is 2.57. The van der Waals surface area contributed by atoms with Gasteiger partial charge in [-0.2, -0.15) is 0 Å². The van der Waals surface area contributed by atoms with Crippen LogP contribution in [0.3, 0.4) is 0 Å². The van der Waals surface area contributed by atoms with Crippen molar-refractivity contribution in [2.45, 2.75) is 6.42 Å². The van der Waals surface area contributed by atoms with E-state index >= 15 is 0 Å². The summed E-state index contributed by atoms with van der Waals surface area (Å²) in [6, 6.07) is 10.7. The number of benzene rings is 1. The molecular formula is C16H13N3S. The molecule has 0 radical (unpaired) electrons. The molecule has 0 spiro atoms. The Balaban J connectivity index is 1.79. The Morgan fingerprint density at radius 2 is 2.15 bits per heavy atom. The van der Waals surface area contributed by atoms with E-state index in [0.29, 0.717) is 0 Å². The van der Waals surface area contributed by atoms with E-state index in [0.717, 1.165) is 22.8 Å². The van der Waals surface area contributed by atoms with Crippen molar-refractivity contribution in [3.63, 3.8) is 0 Å². The SMILES string of the molecule is CNc1nc2c(s1)Cc1cc(-c3cccnc3)ccc1-2. The van der Waals surface area contributed by atoms with Crippen LogP contribution in [0.2, 0.25) is 0 Å². The van der Waals surface area contributed by atoms with Crippen molar-refractivity contribution in [1.82, 2.24) is 9.97 Å². The first-order chi connectivity index (χ1) is 9.85. The molecule has 3 nitrogen and oxygen atoms in total. The topological polar surface area (TPSA) is 37.8 Å². The van der Waals surface area contributed by atoms with Gasteiger partial charge < -0.3 is 5.32 Å². The zero-order chi connectivity index (χ0) is 13.5. The molecule has 4 heteroatoms. The van der Waals surface area contributed by atoms with Crippen LogP contribution in [0.15, 0.2) is 42.7 Å². The molecule has 0 aliphatic heterocycles. The molecule has 0 fully saturated rings. The van der Waals surface area contributed by atoms with Crippen molar-refractivity contribution in [1.29, 1.82) is 0 Å². The van der Waals surface area contributed by atoms with Crippen molar-refractivity contribution >= 4 is 16.5 Å². The molecule has 2 heterocycles. The van der Waals surface area contributed by atoms with E-state index in [1.165, 1.54) is 21.6 Å². The standard InChI is InChI=1S/C16H13N3S/c1-17-16-19-15-13-5-4-10(11-3-2-6-18-9-11)7-12(13)8-14(15)20-16/h2-7,9H,8H2,1H3,(H,17,19). The predicted octanol–water partition coefficient (Wildman–Crippen LogP) is 3.82.